The molecule has 1 aromatic carbocycles. The molecule has 0 N–H and O–H groups in total. The van der Waals surface area contributed by atoms with Crippen molar-refractivity contribution >= 4 is 15.9 Å². The van der Waals surface area contributed by atoms with Gasteiger partial charge < -0.3 is 4.74 Å². The quantitative estimate of drug-likeness (QED) is 0.763. The van der Waals surface area contributed by atoms with Crippen LogP contribution in [-0.4, -0.2) is 7.11 Å². The average Bonchev–Trinajstić information content (AvgIpc) is 2.20. The van der Waals surface area contributed by atoms with Gasteiger partial charge in [-0.2, -0.15) is 0 Å². The Morgan fingerprint density at radius 1 is 1.31 bits per heavy atom. The lowest BCUT2D eigenvalue weighted by Crippen LogP contribution is -1.86. The molecule has 0 aliphatic heterocycles. The lowest BCUT2D eigenvalue weighted by molar-refractivity contribution is 0.412. The van der Waals surface area contributed by atoms with Gasteiger partial charge in [0.05, 0.1) is 11.6 Å². The van der Waals surface area contributed by atoms with Gasteiger partial charge in [-0.15, -0.1) is 0 Å². The number of benzene rings is 1. The van der Waals surface area contributed by atoms with Gasteiger partial charge in [-0.3, -0.25) is 0 Å². The minimum Gasteiger partial charge on any atom is -0.496 e. The van der Waals surface area contributed by atoms with Gasteiger partial charge in [-0.1, -0.05) is 26.8 Å². The highest BCUT2D eigenvalue weighted by molar-refractivity contribution is 9.10. The summed E-state index contributed by atoms with van der Waals surface area (Å²) in [5.74, 6) is 0.891. The van der Waals surface area contributed by atoms with Crippen LogP contribution in [0.5, 0.6) is 5.75 Å². The summed E-state index contributed by atoms with van der Waals surface area (Å²) in [4.78, 5) is 0. The predicted molar refractivity (Wildman–Crippen MR) is 61.4 cm³/mol. The molecule has 0 aliphatic carbocycles. The molecule has 0 unspecified atom stereocenters. The van der Waals surface area contributed by atoms with Crippen LogP contribution in [0.25, 0.3) is 0 Å². The number of rotatable bonds is 2. The van der Waals surface area contributed by atoms with E-state index < -0.39 is 0 Å². The highest BCUT2D eigenvalue weighted by atomic mass is 79.9. The van der Waals surface area contributed by atoms with Crippen LogP contribution >= 0.6 is 15.9 Å². The fraction of sp³-hybridized carbons (Fsp3) is 0.455. The zero-order chi connectivity index (χ0) is 10.3. The smallest absolute Gasteiger partial charge is 0.133 e. The minimum atomic E-state index is 0.891. The van der Waals surface area contributed by atoms with Crippen LogP contribution in [0, 0.1) is 0 Å². The summed E-state index contributed by atoms with van der Waals surface area (Å²) >= 11 is 3.42. The van der Waals surface area contributed by atoms with E-state index in [9.17, 15) is 0 Å². The molecular weight excluding hydrogens is 228 g/mol. The van der Waals surface area contributed by atoms with Crippen LogP contribution in [0.2, 0.25) is 0 Å². The maximum atomic E-state index is 5.10. The molecular formula is C11H17BrO. The summed E-state index contributed by atoms with van der Waals surface area (Å²) in [6.45, 7) is 6.13. The number of halogens is 1. The van der Waals surface area contributed by atoms with E-state index in [4.69, 9.17) is 4.74 Å². The Morgan fingerprint density at radius 2 is 1.92 bits per heavy atom. The van der Waals surface area contributed by atoms with Crippen LogP contribution in [0.1, 0.15) is 26.3 Å². The standard InChI is InChI=1S/C9H11BrO.C2H6/c1-3-7-4-5-9(11-2)8(10)6-7;1-2/h4-6H,3H2,1-2H3;1-2H3. The van der Waals surface area contributed by atoms with Gasteiger partial charge in [0, 0.05) is 0 Å². The van der Waals surface area contributed by atoms with Gasteiger partial charge in [0.25, 0.3) is 0 Å². The Balaban J connectivity index is 0.000000671. The second-order valence-electron chi connectivity index (χ2n) is 2.32. The van der Waals surface area contributed by atoms with E-state index in [1.165, 1.54) is 5.56 Å². The van der Waals surface area contributed by atoms with Crippen molar-refractivity contribution in [1.29, 1.82) is 0 Å². The Bertz CT molecular complexity index is 246. The third-order valence-electron chi connectivity index (χ3n) is 1.62. The summed E-state index contributed by atoms with van der Waals surface area (Å²) in [5, 5.41) is 0. The molecule has 0 spiro atoms. The molecule has 1 aromatic rings. The van der Waals surface area contributed by atoms with Crippen molar-refractivity contribution < 1.29 is 4.74 Å². The number of hydrogen-bond donors (Lipinski definition) is 0. The van der Waals surface area contributed by atoms with E-state index in [-0.39, 0.29) is 0 Å². The zero-order valence-electron chi connectivity index (χ0n) is 8.73. The van der Waals surface area contributed by atoms with Gasteiger partial charge in [0.2, 0.25) is 0 Å². The van der Waals surface area contributed by atoms with E-state index >= 15 is 0 Å². The summed E-state index contributed by atoms with van der Waals surface area (Å²) in [6, 6.07) is 6.13. The summed E-state index contributed by atoms with van der Waals surface area (Å²) in [7, 11) is 1.67. The molecule has 0 heterocycles. The predicted octanol–water partition coefficient (Wildman–Crippen LogP) is 4.05. The van der Waals surface area contributed by atoms with E-state index in [2.05, 4.69) is 35.0 Å². The zero-order valence-corrected chi connectivity index (χ0v) is 10.3. The molecule has 0 radical (unpaired) electrons. The summed E-state index contributed by atoms with van der Waals surface area (Å²) < 4.78 is 6.12. The van der Waals surface area contributed by atoms with E-state index in [1.54, 1.807) is 7.11 Å². The largest absolute Gasteiger partial charge is 0.496 e. The van der Waals surface area contributed by atoms with Gasteiger partial charge in [0.15, 0.2) is 0 Å². The minimum absolute atomic E-state index is 0.891. The highest BCUT2D eigenvalue weighted by Gasteiger charge is 1.98. The second-order valence-corrected chi connectivity index (χ2v) is 3.18. The van der Waals surface area contributed by atoms with Crippen molar-refractivity contribution in [2.45, 2.75) is 27.2 Å². The molecule has 0 bridgehead atoms. The lowest BCUT2D eigenvalue weighted by atomic mass is 10.2. The molecule has 0 aromatic heterocycles. The molecule has 0 saturated carbocycles. The van der Waals surface area contributed by atoms with Gasteiger partial charge in [0.1, 0.15) is 5.75 Å². The van der Waals surface area contributed by atoms with Crippen molar-refractivity contribution in [2.24, 2.45) is 0 Å². The normalized spacial score (nSPS) is 8.69. The van der Waals surface area contributed by atoms with Crippen molar-refractivity contribution in [3.63, 3.8) is 0 Å². The molecule has 0 saturated heterocycles. The first kappa shape index (κ1) is 12.5. The fourth-order valence-electron chi connectivity index (χ4n) is 0.930. The number of aryl methyl sites for hydroxylation is 1. The Morgan fingerprint density at radius 3 is 2.31 bits per heavy atom. The Labute approximate surface area is 89.2 Å². The van der Waals surface area contributed by atoms with Gasteiger partial charge >= 0.3 is 0 Å². The third-order valence-corrected chi connectivity index (χ3v) is 2.24. The molecule has 1 nitrogen and oxygen atoms in total. The lowest BCUT2D eigenvalue weighted by Gasteiger charge is -2.03. The summed E-state index contributed by atoms with van der Waals surface area (Å²) in [5.41, 5.74) is 1.32. The number of methoxy groups -OCH3 is 1. The maximum Gasteiger partial charge on any atom is 0.133 e. The topological polar surface area (TPSA) is 9.23 Å². The Kier molecular flexibility index (Phi) is 6.69. The maximum absolute atomic E-state index is 5.10. The van der Waals surface area contributed by atoms with Crippen LogP contribution in [-0.2, 0) is 6.42 Å². The molecule has 1 rings (SSSR count). The van der Waals surface area contributed by atoms with E-state index in [0.717, 1.165) is 16.6 Å². The van der Waals surface area contributed by atoms with Crippen molar-refractivity contribution in [3.05, 3.63) is 28.2 Å². The molecule has 13 heavy (non-hydrogen) atoms. The molecule has 2 heteroatoms. The first-order valence-corrected chi connectivity index (χ1v) is 5.39. The number of hydrogen-bond acceptors (Lipinski definition) is 1. The first-order valence-electron chi connectivity index (χ1n) is 4.60. The van der Waals surface area contributed by atoms with Crippen LogP contribution in [0.4, 0.5) is 0 Å². The van der Waals surface area contributed by atoms with Crippen LogP contribution in [0.15, 0.2) is 22.7 Å². The van der Waals surface area contributed by atoms with Crippen molar-refractivity contribution in [3.8, 4) is 5.75 Å². The fourth-order valence-corrected chi connectivity index (χ4v) is 1.52. The first-order chi connectivity index (χ1) is 6.27. The number of ether oxygens (including phenoxy) is 1. The van der Waals surface area contributed by atoms with Crippen molar-refractivity contribution in [1.82, 2.24) is 0 Å². The van der Waals surface area contributed by atoms with Gasteiger partial charge in [-0.05, 0) is 40.0 Å². The second kappa shape index (κ2) is 6.96. The Hall–Kier alpha value is -0.500. The molecule has 0 aliphatic rings. The molecule has 0 fully saturated rings. The van der Waals surface area contributed by atoms with Crippen molar-refractivity contribution in [2.75, 3.05) is 7.11 Å². The monoisotopic (exact) mass is 244 g/mol. The average molecular weight is 245 g/mol. The summed E-state index contributed by atoms with van der Waals surface area (Å²) in [6.07, 6.45) is 1.06. The van der Waals surface area contributed by atoms with E-state index in [1.807, 2.05) is 19.9 Å². The SMILES string of the molecule is CC.CCc1ccc(OC)c(Br)c1. The van der Waals surface area contributed by atoms with Crippen LogP contribution < -0.4 is 4.74 Å². The highest BCUT2D eigenvalue weighted by Crippen LogP contribution is 2.25. The molecule has 0 atom stereocenters. The third kappa shape index (κ3) is 3.81. The van der Waals surface area contributed by atoms with E-state index in [0.29, 0.717) is 0 Å². The molecule has 74 valence electrons. The van der Waals surface area contributed by atoms with Crippen LogP contribution in [0.3, 0.4) is 0 Å². The van der Waals surface area contributed by atoms with Gasteiger partial charge in [-0.25, -0.2) is 0 Å². The molecule has 0 amide bonds.